The molecular weight excluding hydrogens is 385 g/mol. The maximum atomic E-state index is 11.4. The van der Waals surface area contributed by atoms with E-state index in [1.807, 2.05) is 60.7 Å². The molecule has 120 valence electrons. The van der Waals surface area contributed by atoms with Gasteiger partial charge in [-0.1, -0.05) is 67.6 Å². The zero-order valence-electron chi connectivity index (χ0n) is 13.4. The smallest absolute Gasteiger partial charge is 0.115 e. The number of hydrogen-bond acceptors (Lipinski definition) is 1. The van der Waals surface area contributed by atoms with Gasteiger partial charge >= 0.3 is 0 Å². The van der Waals surface area contributed by atoms with Crippen LogP contribution in [0.5, 0.6) is 0 Å². The molecule has 2 aromatic carbocycles. The molecule has 0 saturated carbocycles. The Morgan fingerprint density at radius 3 is 1.64 bits per heavy atom. The molecule has 0 aromatic heterocycles. The summed E-state index contributed by atoms with van der Waals surface area (Å²) >= 11 is 0. The molecule has 1 atom stereocenters. The van der Waals surface area contributed by atoms with Crippen LogP contribution in [0.4, 0.5) is 0 Å². The van der Waals surface area contributed by atoms with E-state index in [0.29, 0.717) is 6.42 Å². The van der Waals surface area contributed by atoms with E-state index in [4.69, 9.17) is 0 Å². The Balaban J connectivity index is 0.00000242. The van der Waals surface area contributed by atoms with Crippen molar-refractivity contribution in [2.75, 3.05) is 0 Å². The monoisotopic (exact) mass is 411 g/mol. The third-order valence-electron chi connectivity index (χ3n) is 4.45. The summed E-state index contributed by atoms with van der Waals surface area (Å²) in [5, 5.41) is 11.4. The highest BCUT2D eigenvalue weighted by Crippen LogP contribution is 2.35. The van der Waals surface area contributed by atoms with Gasteiger partial charge in [0.1, 0.15) is 5.60 Å². The fraction of sp³-hybridized carbons (Fsp3) is 0.368. The molecule has 2 nitrogen and oxygen atoms in total. The summed E-state index contributed by atoms with van der Waals surface area (Å²) in [4.78, 5) is 0. The fourth-order valence-electron chi connectivity index (χ4n) is 2.54. The first-order valence-corrected chi connectivity index (χ1v) is 7.67. The summed E-state index contributed by atoms with van der Waals surface area (Å²) in [5.41, 5.74) is 5.21. The number of quaternary nitrogens is 1. The third-order valence-corrected chi connectivity index (χ3v) is 4.45. The molecule has 0 aliphatic rings. The van der Waals surface area contributed by atoms with Crippen molar-refractivity contribution >= 4 is 0 Å². The summed E-state index contributed by atoms with van der Waals surface area (Å²) in [6.45, 7) is 4.31. The second-order valence-corrected chi connectivity index (χ2v) is 6.26. The molecule has 1 unspecified atom stereocenters. The number of benzene rings is 2. The second-order valence-electron chi connectivity index (χ2n) is 6.26. The molecule has 4 N–H and O–H groups in total. The minimum atomic E-state index is -0.948. The summed E-state index contributed by atoms with van der Waals surface area (Å²) < 4.78 is 0. The first-order valence-electron chi connectivity index (χ1n) is 7.67. The topological polar surface area (TPSA) is 47.9 Å². The highest BCUT2D eigenvalue weighted by Gasteiger charge is 2.34. The van der Waals surface area contributed by atoms with Crippen LogP contribution in [0.2, 0.25) is 0 Å². The predicted octanol–water partition coefficient (Wildman–Crippen LogP) is 0.117. The third kappa shape index (κ3) is 4.54. The van der Waals surface area contributed by atoms with E-state index < -0.39 is 5.60 Å². The first kappa shape index (κ1) is 19.1. The van der Waals surface area contributed by atoms with Gasteiger partial charge in [0.2, 0.25) is 0 Å². The standard InChI is InChI=1S/C19H25NO.HI/c1-3-18(2,20)14-15-19(21,16-10-6-4-7-11-16)17-12-8-5-9-13-17;/h4-13,21H,3,14-15,20H2,1-2H3;1H. The minimum Gasteiger partial charge on any atom is -1.00 e. The molecule has 0 spiro atoms. The second kappa shape index (κ2) is 8.09. The molecule has 0 bridgehead atoms. The number of halogens is 1. The van der Waals surface area contributed by atoms with E-state index in [-0.39, 0.29) is 29.5 Å². The van der Waals surface area contributed by atoms with Gasteiger partial charge in [0.25, 0.3) is 0 Å². The molecule has 0 heterocycles. The van der Waals surface area contributed by atoms with E-state index in [9.17, 15) is 5.11 Å². The van der Waals surface area contributed by atoms with Crippen molar-refractivity contribution < 1.29 is 34.8 Å². The van der Waals surface area contributed by atoms with Crippen LogP contribution >= 0.6 is 0 Å². The van der Waals surface area contributed by atoms with E-state index in [2.05, 4.69) is 19.6 Å². The normalized spacial score (nSPS) is 14.0. The summed E-state index contributed by atoms with van der Waals surface area (Å²) in [6, 6.07) is 19.9. The van der Waals surface area contributed by atoms with Gasteiger partial charge < -0.3 is 34.8 Å². The highest BCUT2D eigenvalue weighted by atomic mass is 127. The zero-order valence-corrected chi connectivity index (χ0v) is 15.6. The average Bonchev–Trinajstić information content (AvgIpc) is 2.54. The van der Waals surface area contributed by atoms with Gasteiger partial charge in [0.05, 0.1) is 5.54 Å². The van der Waals surface area contributed by atoms with Gasteiger partial charge in [-0.25, -0.2) is 0 Å². The first-order chi connectivity index (χ1) is 9.98. The zero-order chi connectivity index (χ0) is 15.3. The van der Waals surface area contributed by atoms with Crippen LogP contribution in [0.1, 0.15) is 44.2 Å². The van der Waals surface area contributed by atoms with Crippen LogP contribution < -0.4 is 29.7 Å². The average molecular weight is 411 g/mol. The van der Waals surface area contributed by atoms with Crippen molar-refractivity contribution in [2.24, 2.45) is 0 Å². The molecule has 3 heteroatoms. The Labute approximate surface area is 150 Å². The Morgan fingerprint density at radius 1 is 0.864 bits per heavy atom. The van der Waals surface area contributed by atoms with Crippen LogP contribution in [-0.2, 0) is 5.60 Å². The highest BCUT2D eigenvalue weighted by molar-refractivity contribution is 5.35. The van der Waals surface area contributed by atoms with E-state index >= 15 is 0 Å². The lowest BCUT2D eigenvalue weighted by atomic mass is 9.79. The van der Waals surface area contributed by atoms with E-state index in [0.717, 1.165) is 24.0 Å². The van der Waals surface area contributed by atoms with Gasteiger partial charge in [-0.05, 0) is 30.9 Å². The number of rotatable bonds is 6. The number of aliphatic hydroxyl groups is 1. The van der Waals surface area contributed by atoms with Crippen molar-refractivity contribution in [2.45, 2.75) is 44.2 Å². The molecule has 0 aliphatic carbocycles. The molecule has 0 saturated heterocycles. The van der Waals surface area contributed by atoms with Crippen molar-refractivity contribution in [1.82, 2.24) is 0 Å². The minimum absolute atomic E-state index is 0. The summed E-state index contributed by atoms with van der Waals surface area (Å²) in [6.07, 6.45) is 2.56. The number of hydrogen-bond donors (Lipinski definition) is 2. The maximum Gasteiger partial charge on any atom is 0.115 e. The van der Waals surface area contributed by atoms with Gasteiger partial charge in [-0.3, -0.25) is 0 Å². The predicted molar refractivity (Wildman–Crippen MR) is 86.7 cm³/mol. The Morgan fingerprint density at radius 2 is 1.27 bits per heavy atom. The summed E-state index contributed by atoms with van der Waals surface area (Å²) in [5.74, 6) is 0. The van der Waals surface area contributed by atoms with Crippen LogP contribution in [0.3, 0.4) is 0 Å². The lowest BCUT2D eigenvalue weighted by Gasteiger charge is -2.32. The molecule has 0 amide bonds. The van der Waals surface area contributed by atoms with Crippen molar-refractivity contribution in [3.8, 4) is 0 Å². The van der Waals surface area contributed by atoms with Crippen molar-refractivity contribution in [3.05, 3.63) is 71.8 Å². The fourth-order valence-corrected chi connectivity index (χ4v) is 2.54. The summed E-state index contributed by atoms with van der Waals surface area (Å²) in [7, 11) is 0. The van der Waals surface area contributed by atoms with Gasteiger partial charge in [-0.15, -0.1) is 0 Å². The molecule has 22 heavy (non-hydrogen) atoms. The molecule has 0 fully saturated rings. The van der Waals surface area contributed by atoms with Crippen LogP contribution in [0.15, 0.2) is 60.7 Å². The lowest BCUT2D eigenvalue weighted by Crippen LogP contribution is -3.00. The van der Waals surface area contributed by atoms with E-state index in [1.54, 1.807) is 0 Å². The van der Waals surface area contributed by atoms with Crippen molar-refractivity contribution in [3.63, 3.8) is 0 Å². The maximum absolute atomic E-state index is 11.4. The largest absolute Gasteiger partial charge is 1.00 e. The Hall–Kier alpha value is -0.910. The molecule has 0 aliphatic heterocycles. The van der Waals surface area contributed by atoms with Gasteiger partial charge in [0, 0.05) is 6.42 Å². The quantitative estimate of drug-likeness (QED) is 0.652. The van der Waals surface area contributed by atoms with Crippen LogP contribution in [0, 0.1) is 0 Å². The lowest BCUT2D eigenvalue weighted by molar-refractivity contribution is -0.475. The SMILES string of the molecule is CCC(C)([NH3+])CCC(O)(c1ccccc1)c1ccccc1.[I-]. The van der Waals surface area contributed by atoms with Crippen molar-refractivity contribution in [1.29, 1.82) is 0 Å². The van der Waals surface area contributed by atoms with E-state index in [1.165, 1.54) is 0 Å². The molecular formula is C19H26INO. The molecule has 0 radical (unpaired) electrons. The van der Waals surface area contributed by atoms with Crippen LogP contribution in [-0.4, -0.2) is 10.6 Å². The van der Waals surface area contributed by atoms with Gasteiger partial charge in [0.15, 0.2) is 0 Å². The Bertz CT molecular complexity index is 515. The van der Waals surface area contributed by atoms with Crippen LogP contribution in [0.25, 0.3) is 0 Å². The Kier molecular flexibility index (Phi) is 7.03. The molecule has 2 aromatic rings. The van der Waals surface area contributed by atoms with Gasteiger partial charge in [-0.2, -0.15) is 0 Å². The molecule has 2 rings (SSSR count).